The second-order valence-corrected chi connectivity index (χ2v) is 7.18. The van der Waals surface area contributed by atoms with Crippen molar-refractivity contribution in [2.75, 3.05) is 13.1 Å². The second-order valence-electron chi connectivity index (χ2n) is 6.74. The van der Waals surface area contributed by atoms with Crippen LogP contribution in [0.1, 0.15) is 44.9 Å². The number of rotatable bonds is 4. The molecule has 1 saturated heterocycles. The number of nitrogens with zero attached hydrogens (tertiary/aromatic N) is 3. The van der Waals surface area contributed by atoms with Crippen molar-refractivity contribution in [2.45, 2.75) is 39.0 Å². The van der Waals surface area contributed by atoms with Gasteiger partial charge in [0.05, 0.1) is 5.92 Å². The monoisotopic (exact) mass is 347 g/mol. The zero-order valence-corrected chi connectivity index (χ0v) is 14.8. The highest BCUT2D eigenvalue weighted by molar-refractivity contribution is 6.30. The van der Waals surface area contributed by atoms with Crippen LogP contribution in [0, 0.1) is 5.92 Å². The van der Waals surface area contributed by atoms with Gasteiger partial charge in [0, 0.05) is 30.1 Å². The van der Waals surface area contributed by atoms with Crippen LogP contribution < -0.4 is 0 Å². The summed E-state index contributed by atoms with van der Waals surface area (Å²) in [6, 6.07) is 7.35. The normalized spacial score (nSPS) is 18.2. The maximum absolute atomic E-state index is 12.3. The third kappa shape index (κ3) is 3.96. The van der Waals surface area contributed by atoms with Gasteiger partial charge in [-0.2, -0.15) is 4.98 Å². The molecule has 128 valence electrons. The molecule has 0 N–H and O–H groups in total. The highest BCUT2D eigenvalue weighted by atomic mass is 35.5. The van der Waals surface area contributed by atoms with Crippen molar-refractivity contribution < 1.29 is 9.32 Å². The van der Waals surface area contributed by atoms with Gasteiger partial charge in [-0.1, -0.05) is 30.6 Å². The Morgan fingerprint density at radius 2 is 2.12 bits per heavy atom. The van der Waals surface area contributed by atoms with Crippen molar-refractivity contribution in [1.82, 2.24) is 15.0 Å². The molecule has 5 nitrogen and oxygen atoms in total. The Morgan fingerprint density at radius 3 is 2.83 bits per heavy atom. The number of hydrogen-bond donors (Lipinski definition) is 0. The predicted molar refractivity (Wildman–Crippen MR) is 92.8 cm³/mol. The van der Waals surface area contributed by atoms with E-state index in [1.807, 2.05) is 17.0 Å². The molecule has 6 heteroatoms. The van der Waals surface area contributed by atoms with Gasteiger partial charge >= 0.3 is 0 Å². The minimum atomic E-state index is 0.114. The Morgan fingerprint density at radius 1 is 1.38 bits per heavy atom. The van der Waals surface area contributed by atoms with E-state index in [2.05, 4.69) is 24.0 Å². The van der Waals surface area contributed by atoms with Crippen molar-refractivity contribution in [3.63, 3.8) is 0 Å². The van der Waals surface area contributed by atoms with E-state index in [0.29, 0.717) is 35.6 Å². The summed E-state index contributed by atoms with van der Waals surface area (Å²) in [4.78, 5) is 18.8. The molecule has 2 heterocycles. The van der Waals surface area contributed by atoms with Crippen LogP contribution in [0.4, 0.5) is 0 Å². The quantitative estimate of drug-likeness (QED) is 0.833. The van der Waals surface area contributed by atoms with Crippen LogP contribution in [0.25, 0.3) is 11.4 Å². The highest BCUT2D eigenvalue weighted by Crippen LogP contribution is 2.28. The maximum atomic E-state index is 12.3. The minimum absolute atomic E-state index is 0.114. The third-order valence-electron chi connectivity index (χ3n) is 4.25. The number of carbonyl (C=O) groups excluding carboxylic acids is 1. The van der Waals surface area contributed by atoms with Crippen molar-refractivity contribution in [2.24, 2.45) is 5.92 Å². The van der Waals surface area contributed by atoms with Gasteiger partial charge in [0.1, 0.15) is 0 Å². The summed E-state index contributed by atoms with van der Waals surface area (Å²) in [5.74, 6) is 1.88. The van der Waals surface area contributed by atoms with Crippen molar-refractivity contribution >= 4 is 17.5 Å². The Kier molecular flexibility index (Phi) is 5.19. The molecule has 0 spiro atoms. The van der Waals surface area contributed by atoms with E-state index in [9.17, 15) is 4.79 Å². The SMILES string of the molecule is CC(C)CC(=O)N1CCC[C@H](c2nc(-c3ccc(Cl)cc3)no2)C1. The van der Waals surface area contributed by atoms with Crippen LogP contribution in [0.2, 0.25) is 5.02 Å². The Hall–Kier alpha value is -1.88. The van der Waals surface area contributed by atoms with Crippen LogP contribution in [-0.4, -0.2) is 34.0 Å². The lowest BCUT2D eigenvalue weighted by Gasteiger charge is -2.31. The van der Waals surface area contributed by atoms with Crippen LogP contribution in [0.5, 0.6) is 0 Å². The largest absolute Gasteiger partial charge is 0.342 e. The van der Waals surface area contributed by atoms with E-state index in [1.165, 1.54) is 0 Å². The average molecular weight is 348 g/mol. The van der Waals surface area contributed by atoms with Crippen LogP contribution >= 0.6 is 11.6 Å². The molecule has 2 aromatic rings. The van der Waals surface area contributed by atoms with Crippen LogP contribution in [0.15, 0.2) is 28.8 Å². The van der Waals surface area contributed by atoms with E-state index < -0.39 is 0 Å². The summed E-state index contributed by atoms with van der Waals surface area (Å²) in [5.41, 5.74) is 0.873. The zero-order valence-electron chi connectivity index (χ0n) is 14.0. The number of benzene rings is 1. The lowest BCUT2D eigenvalue weighted by Crippen LogP contribution is -2.39. The maximum Gasteiger partial charge on any atom is 0.231 e. The fraction of sp³-hybridized carbons (Fsp3) is 0.500. The summed E-state index contributed by atoms with van der Waals surface area (Å²) in [5, 5.41) is 4.75. The number of carbonyl (C=O) groups is 1. The van der Waals surface area contributed by atoms with Gasteiger partial charge in [-0.05, 0) is 43.0 Å². The van der Waals surface area contributed by atoms with Crippen molar-refractivity contribution in [3.8, 4) is 11.4 Å². The first-order valence-corrected chi connectivity index (χ1v) is 8.78. The lowest BCUT2D eigenvalue weighted by molar-refractivity contribution is -0.133. The van der Waals surface area contributed by atoms with Gasteiger partial charge in [0.15, 0.2) is 0 Å². The molecule has 0 aliphatic carbocycles. The molecule has 3 rings (SSSR count). The fourth-order valence-corrected chi connectivity index (χ4v) is 3.13. The van der Waals surface area contributed by atoms with Gasteiger partial charge in [-0.15, -0.1) is 0 Å². The standard InChI is InChI=1S/C18H22ClN3O2/c1-12(2)10-16(23)22-9-3-4-14(11-22)18-20-17(21-24-18)13-5-7-15(19)8-6-13/h5-8,12,14H,3-4,9-11H2,1-2H3/t14-/m0/s1. The smallest absolute Gasteiger partial charge is 0.231 e. The fourth-order valence-electron chi connectivity index (χ4n) is 3.00. The van der Waals surface area contributed by atoms with E-state index >= 15 is 0 Å². The summed E-state index contributed by atoms with van der Waals surface area (Å²) in [6.45, 7) is 5.61. The summed E-state index contributed by atoms with van der Waals surface area (Å²) in [6.07, 6.45) is 2.52. The number of halogens is 1. The van der Waals surface area contributed by atoms with Crippen molar-refractivity contribution in [3.05, 3.63) is 35.2 Å². The Bertz CT molecular complexity index is 697. The first kappa shape index (κ1) is 17.0. The molecule has 0 saturated carbocycles. The van der Waals surface area contributed by atoms with Crippen LogP contribution in [0.3, 0.4) is 0 Å². The third-order valence-corrected chi connectivity index (χ3v) is 4.50. The average Bonchev–Trinajstić information content (AvgIpc) is 3.05. The first-order valence-electron chi connectivity index (χ1n) is 8.40. The van der Waals surface area contributed by atoms with Gasteiger partial charge in [-0.25, -0.2) is 0 Å². The molecule has 0 bridgehead atoms. The summed E-state index contributed by atoms with van der Waals surface area (Å²) >= 11 is 5.91. The van der Waals surface area contributed by atoms with Crippen molar-refractivity contribution in [1.29, 1.82) is 0 Å². The number of piperidine rings is 1. The molecule has 1 aromatic heterocycles. The molecular weight excluding hydrogens is 326 g/mol. The molecule has 0 unspecified atom stereocenters. The van der Waals surface area contributed by atoms with Gasteiger partial charge < -0.3 is 9.42 Å². The highest BCUT2D eigenvalue weighted by Gasteiger charge is 2.28. The molecule has 1 aromatic carbocycles. The van der Waals surface area contributed by atoms with Gasteiger partial charge in [0.2, 0.25) is 17.6 Å². The summed E-state index contributed by atoms with van der Waals surface area (Å²) in [7, 11) is 0. The Balaban J connectivity index is 1.70. The molecule has 1 amide bonds. The van der Waals surface area contributed by atoms with Gasteiger partial charge in [0.25, 0.3) is 0 Å². The molecule has 1 fully saturated rings. The van der Waals surface area contributed by atoms with E-state index in [0.717, 1.165) is 24.9 Å². The molecule has 0 radical (unpaired) electrons. The Labute approximate surface area is 147 Å². The van der Waals surface area contributed by atoms with E-state index in [1.54, 1.807) is 12.1 Å². The number of likely N-dealkylation sites (tertiary alicyclic amines) is 1. The lowest BCUT2D eigenvalue weighted by atomic mass is 9.97. The van der Waals surface area contributed by atoms with Crippen LogP contribution in [-0.2, 0) is 4.79 Å². The topological polar surface area (TPSA) is 59.2 Å². The first-order chi connectivity index (χ1) is 11.5. The molecule has 24 heavy (non-hydrogen) atoms. The minimum Gasteiger partial charge on any atom is -0.342 e. The summed E-state index contributed by atoms with van der Waals surface area (Å²) < 4.78 is 5.47. The van der Waals surface area contributed by atoms with Gasteiger partial charge in [-0.3, -0.25) is 4.79 Å². The zero-order chi connectivity index (χ0) is 17.1. The number of hydrogen-bond acceptors (Lipinski definition) is 4. The second kappa shape index (κ2) is 7.34. The number of aromatic nitrogens is 2. The van der Waals surface area contributed by atoms with E-state index in [4.69, 9.17) is 16.1 Å². The molecule has 1 atom stereocenters. The molecule has 1 aliphatic heterocycles. The van der Waals surface area contributed by atoms with E-state index in [-0.39, 0.29) is 11.8 Å². The molecular formula is C18H22ClN3O2. The number of amides is 1. The predicted octanol–water partition coefficient (Wildman–Crippen LogP) is 4.14. The molecule has 1 aliphatic rings.